The van der Waals surface area contributed by atoms with E-state index in [9.17, 15) is 4.79 Å². The highest BCUT2D eigenvalue weighted by Crippen LogP contribution is 2.38. The zero-order chi connectivity index (χ0) is 21.3. The quantitative estimate of drug-likeness (QED) is 0.636. The van der Waals surface area contributed by atoms with Crippen molar-refractivity contribution in [3.8, 4) is 17.2 Å². The van der Waals surface area contributed by atoms with Crippen LogP contribution in [-0.4, -0.2) is 58.7 Å². The molecule has 1 aliphatic rings. The van der Waals surface area contributed by atoms with Gasteiger partial charge < -0.3 is 19.1 Å². The Bertz CT molecular complexity index is 1050. The topological polar surface area (TPSA) is 97.5 Å². The summed E-state index contributed by atoms with van der Waals surface area (Å²) in [5, 5.41) is 3.99. The van der Waals surface area contributed by atoms with Crippen molar-refractivity contribution < 1.29 is 14.1 Å². The molecule has 0 N–H and O–H groups in total. The molecule has 1 saturated heterocycles. The molecule has 1 fully saturated rings. The second-order valence-electron chi connectivity index (χ2n) is 7.44. The van der Waals surface area contributed by atoms with Crippen LogP contribution in [0.5, 0.6) is 5.88 Å². The normalized spacial score (nSPS) is 16.0. The predicted octanol–water partition coefficient (Wildman–Crippen LogP) is 2.89. The number of anilines is 1. The Balaban J connectivity index is 1.73. The van der Waals surface area contributed by atoms with Crippen LogP contribution in [-0.2, 0) is 0 Å². The van der Waals surface area contributed by atoms with E-state index in [1.807, 2.05) is 36.9 Å². The molecule has 0 bridgehead atoms. The van der Waals surface area contributed by atoms with Crippen LogP contribution in [0.1, 0.15) is 40.6 Å². The summed E-state index contributed by atoms with van der Waals surface area (Å²) in [6.07, 6.45) is 4.98. The van der Waals surface area contributed by atoms with E-state index in [0.29, 0.717) is 29.7 Å². The summed E-state index contributed by atoms with van der Waals surface area (Å²) in [7, 11) is 5.32. The molecule has 3 aromatic rings. The number of likely N-dealkylation sites (tertiary alicyclic amines) is 1. The zero-order valence-electron chi connectivity index (χ0n) is 17.5. The Kier molecular flexibility index (Phi) is 5.35. The zero-order valence-corrected chi connectivity index (χ0v) is 17.5. The molecular weight excluding hydrogens is 384 g/mol. The van der Waals surface area contributed by atoms with E-state index in [4.69, 9.17) is 14.2 Å². The number of rotatable bonds is 5. The van der Waals surface area contributed by atoms with Crippen LogP contribution in [0, 0.1) is 6.92 Å². The number of ether oxygens (including phenoxy) is 1. The lowest BCUT2D eigenvalue weighted by Crippen LogP contribution is -2.31. The molecule has 9 heteroatoms. The van der Waals surface area contributed by atoms with Crippen molar-refractivity contribution in [1.82, 2.24) is 25.0 Å². The summed E-state index contributed by atoms with van der Waals surface area (Å²) in [6.45, 7) is 2.51. The van der Waals surface area contributed by atoms with Gasteiger partial charge in [-0.05, 0) is 25.8 Å². The number of hydrogen-bond donors (Lipinski definition) is 0. The van der Waals surface area contributed by atoms with Crippen LogP contribution < -0.4 is 9.64 Å². The molecule has 0 radical (unpaired) electrons. The third-order valence-corrected chi connectivity index (χ3v) is 5.12. The van der Waals surface area contributed by atoms with E-state index in [1.54, 1.807) is 31.6 Å². The first-order chi connectivity index (χ1) is 14.5. The minimum absolute atomic E-state index is 0.0858. The van der Waals surface area contributed by atoms with Crippen LogP contribution in [0.2, 0.25) is 0 Å². The highest BCUT2D eigenvalue weighted by molar-refractivity contribution is 5.94. The maximum Gasteiger partial charge on any atom is 0.255 e. The van der Waals surface area contributed by atoms with Crippen molar-refractivity contribution in [2.75, 3.05) is 32.6 Å². The average Bonchev–Trinajstić information content (AvgIpc) is 3.42. The second-order valence-corrected chi connectivity index (χ2v) is 7.44. The predicted molar refractivity (Wildman–Crippen MR) is 110 cm³/mol. The van der Waals surface area contributed by atoms with Crippen molar-refractivity contribution in [1.29, 1.82) is 0 Å². The Morgan fingerprint density at radius 3 is 2.73 bits per heavy atom. The fourth-order valence-electron chi connectivity index (χ4n) is 3.62. The Morgan fingerprint density at radius 1 is 1.27 bits per heavy atom. The summed E-state index contributed by atoms with van der Waals surface area (Å²) >= 11 is 0. The lowest BCUT2D eigenvalue weighted by Gasteiger charge is -2.26. The molecule has 0 saturated carbocycles. The van der Waals surface area contributed by atoms with Gasteiger partial charge in [-0.2, -0.15) is 0 Å². The monoisotopic (exact) mass is 408 g/mol. The molecule has 0 spiro atoms. The number of nitrogens with zero attached hydrogens (tertiary/aromatic N) is 6. The van der Waals surface area contributed by atoms with Crippen LogP contribution in [0.4, 0.5) is 5.95 Å². The molecule has 3 aromatic heterocycles. The van der Waals surface area contributed by atoms with Crippen LogP contribution >= 0.6 is 0 Å². The van der Waals surface area contributed by atoms with E-state index >= 15 is 0 Å². The van der Waals surface area contributed by atoms with Crippen molar-refractivity contribution >= 4 is 11.9 Å². The van der Waals surface area contributed by atoms with E-state index in [2.05, 4.69) is 15.1 Å². The smallest absolute Gasteiger partial charge is 0.255 e. The molecule has 1 atom stereocenters. The van der Waals surface area contributed by atoms with Crippen molar-refractivity contribution in [2.45, 2.75) is 25.8 Å². The fraction of sp³-hybridized carbons (Fsp3) is 0.381. The van der Waals surface area contributed by atoms with E-state index in [1.165, 1.54) is 0 Å². The number of aromatic nitrogens is 4. The summed E-state index contributed by atoms with van der Waals surface area (Å²) in [5.41, 5.74) is 2.80. The average molecular weight is 408 g/mol. The highest BCUT2D eigenvalue weighted by Gasteiger charge is 2.34. The van der Waals surface area contributed by atoms with Crippen molar-refractivity contribution in [2.24, 2.45) is 0 Å². The number of hydrogen-bond acceptors (Lipinski definition) is 8. The summed E-state index contributed by atoms with van der Waals surface area (Å²) < 4.78 is 10.6. The lowest BCUT2D eigenvalue weighted by atomic mass is 10.0. The van der Waals surface area contributed by atoms with E-state index in [-0.39, 0.29) is 11.9 Å². The SMILES string of the molecule is COc1ccc(C(=O)N2CCC[C@H]2c2nc(N(C)C)ncc2-c2cc(C)no2)cn1. The Morgan fingerprint density at radius 2 is 2.10 bits per heavy atom. The minimum atomic E-state index is -0.193. The summed E-state index contributed by atoms with van der Waals surface area (Å²) in [5.74, 6) is 1.56. The third-order valence-electron chi connectivity index (χ3n) is 5.12. The summed E-state index contributed by atoms with van der Waals surface area (Å²) in [4.78, 5) is 30.3. The van der Waals surface area contributed by atoms with Gasteiger partial charge in [0.25, 0.3) is 5.91 Å². The maximum absolute atomic E-state index is 13.3. The molecule has 9 nitrogen and oxygen atoms in total. The number of aryl methyl sites for hydroxylation is 1. The van der Waals surface area contributed by atoms with Crippen LogP contribution in [0.15, 0.2) is 35.1 Å². The van der Waals surface area contributed by atoms with Gasteiger partial charge in [0, 0.05) is 45.2 Å². The Hall–Kier alpha value is -3.49. The standard InChI is InChI=1S/C21H24N6O3/c1-13-10-17(30-25-13)15-12-23-21(26(2)3)24-19(15)16-6-5-9-27(16)20(28)14-7-8-18(29-4)22-11-14/h7-8,10-12,16H,5-6,9H2,1-4H3/t16-/m0/s1. The van der Waals surface area contributed by atoms with Crippen molar-refractivity contribution in [3.05, 3.63) is 47.5 Å². The van der Waals surface area contributed by atoms with Gasteiger partial charge in [-0.1, -0.05) is 5.16 Å². The van der Waals surface area contributed by atoms with E-state index < -0.39 is 0 Å². The first-order valence-corrected chi connectivity index (χ1v) is 9.77. The number of methoxy groups -OCH3 is 1. The van der Waals surface area contributed by atoms with Gasteiger partial charge in [0.05, 0.1) is 35.7 Å². The second kappa shape index (κ2) is 8.10. The maximum atomic E-state index is 13.3. The lowest BCUT2D eigenvalue weighted by molar-refractivity contribution is 0.0732. The highest BCUT2D eigenvalue weighted by atomic mass is 16.5. The minimum Gasteiger partial charge on any atom is -0.481 e. The largest absolute Gasteiger partial charge is 0.481 e. The number of carbonyl (C=O) groups excluding carboxylic acids is 1. The van der Waals surface area contributed by atoms with Crippen LogP contribution in [0.25, 0.3) is 11.3 Å². The van der Waals surface area contributed by atoms with Gasteiger partial charge >= 0.3 is 0 Å². The first kappa shape index (κ1) is 19.8. The molecule has 0 aromatic carbocycles. The third kappa shape index (κ3) is 3.70. The molecule has 4 rings (SSSR count). The molecule has 0 aliphatic carbocycles. The Labute approximate surface area is 174 Å². The fourth-order valence-corrected chi connectivity index (χ4v) is 3.62. The molecule has 1 amide bonds. The van der Waals surface area contributed by atoms with Gasteiger partial charge in [-0.3, -0.25) is 4.79 Å². The molecule has 30 heavy (non-hydrogen) atoms. The van der Waals surface area contributed by atoms with E-state index in [0.717, 1.165) is 29.8 Å². The van der Waals surface area contributed by atoms with Gasteiger partial charge in [-0.25, -0.2) is 15.0 Å². The van der Waals surface area contributed by atoms with Crippen molar-refractivity contribution in [3.63, 3.8) is 0 Å². The van der Waals surface area contributed by atoms with Gasteiger partial charge in [0.15, 0.2) is 5.76 Å². The van der Waals surface area contributed by atoms with Crippen LogP contribution in [0.3, 0.4) is 0 Å². The number of amides is 1. The molecular formula is C21H24N6O3. The number of pyridine rings is 1. The molecule has 1 aliphatic heterocycles. The first-order valence-electron chi connectivity index (χ1n) is 9.77. The molecule has 156 valence electrons. The summed E-state index contributed by atoms with van der Waals surface area (Å²) in [6, 6.07) is 5.08. The number of carbonyl (C=O) groups is 1. The van der Waals surface area contributed by atoms with Gasteiger partial charge in [0.2, 0.25) is 11.8 Å². The molecule has 0 unspecified atom stereocenters. The van der Waals surface area contributed by atoms with Gasteiger partial charge in [0.1, 0.15) is 0 Å². The van der Waals surface area contributed by atoms with Gasteiger partial charge in [-0.15, -0.1) is 0 Å². The molecule has 4 heterocycles.